The average Bonchev–Trinajstić information content (AvgIpc) is 2.42. The minimum Gasteiger partial charge on any atom is -0.454 e. The molecule has 7 heteroatoms. The molecule has 0 aliphatic rings. The summed E-state index contributed by atoms with van der Waals surface area (Å²) in [6, 6.07) is 0.949. The number of carbonyl (C=O) groups is 2. The molecule has 0 radical (unpaired) electrons. The minimum absolute atomic E-state index is 0.00627. The highest BCUT2D eigenvalue weighted by Crippen LogP contribution is 2.29. The number of halogens is 3. The molecule has 1 N–H and O–H groups in total. The van der Waals surface area contributed by atoms with Gasteiger partial charge < -0.3 is 9.84 Å². The molecular formula is C16H19ClF2O4. The number of rotatable bonds is 6. The maximum Gasteiger partial charge on any atom is 0.303 e. The van der Waals surface area contributed by atoms with Gasteiger partial charge in [0, 0.05) is 30.4 Å². The van der Waals surface area contributed by atoms with E-state index in [1.165, 1.54) is 20.8 Å². The average molecular weight is 349 g/mol. The molecule has 0 fully saturated rings. The summed E-state index contributed by atoms with van der Waals surface area (Å²) >= 11 is 5.57. The highest BCUT2D eigenvalue weighted by atomic mass is 35.5. The van der Waals surface area contributed by atoms with Gasteiger partial charge in [-0.3, -0.25) is 9.59 Å². The molecule has 0 spiro atoms. The van der Waals surface area contributed by atoms with Gasteiger partial charge in [-0.05, 0) is 26.8 Å². The van der Waals surface area contributed by atoms with Crippen LogP contribution in [0.5, 0.6) is 0 Å². The number of hydrogen-bond acceptors (Lipinski definition) is 4. The normalized spacial score (nSPS) is 12.9. The molecule has 0 saturated carbocycles. The van der Waals surface area contributed by atoms with Gasteiger partial charge in [0.15, 0.2) is 6.10 Å². The third-order valence-electron chi connectivity index (χ3n) is 3.32. The lowest BCUT2D eigenvalue weighted by Crippen LogP contribution is -2.29. The molecular weight excluding hydrogens is 330 g/mol. The van der Waals surface area contributed by atoms with Gasteiger partial charge in [0.25, 0.3) is 0 Å². The Balaban J connectivity index is 3.43. The first kappa shape index (κ1) is 19.5. The van der Waals surface area contributed by atoms with E-state index in [1.807, 2.05) is 0 Å². The van der Waals surface area contributed by atoms with Gasteiger partial charge >= 0.3 is 5.97 Å². The Bertz CT molecular complexity index is 623. The van der Waals surface area contributed by atoms with Crippen LogP contribution in [0.1, 0.15) is 48.7 Å². The number of benzene rings is 1. The Morgan fingerprint density at radius 2 is 1.91 bits per heavy atom. The number of ketones is 1. The standard InChI is InChI=1S/C16H19ClF2O4/c1-8-13(18)10(7-11(14(8)19)16(3,4)22)15(21)12(5-6-17)23-9(2)20/h7,12,22H,5-6H2,1-4H3. The van der Waals surface area contributed by atoms with Crippen molar-refractivity contribution in [3.8, 4) is 0 Å². The van der Waals surface area contributed by atoms with E-state index in [0.29, 0.717) is 0 Å². The first-order valence-electron chi connectivity index (χ1n) is 6.99. The van der Waals surface area contributed by atoms with Crippen molar-refractivity contribution in [2.45, 2.75) is 45.8 Å². The SMILES string of the molecule is CC(=O)OC(CCCl)C(=O)c1cc(C(C)(C)O)c(F)c(C)c1F. The molecule has 0 amide bonds. The smallest absolute Gasteiger partial charge is 0.303 e. The molecule has 4 nitrogen and oxygen atoms in total. The topological polar surface area (TPSA) is 63.6 Å². The zero-order valence-corrected chi connectivity index (χ0v) is 14.1. The quantitative estimate of drug-likeness (QED) is 0.487. The Labute approximate surface area is 138 Å². The lowest BCUT2D eigenvalue weighted by atomic mass is 9.90. The van der Waals surface area contributed by atoms with Gasteiger partial charge in [0.2, 0.25) is 5.78 Å². The lowest BCUT2D eigenvalue weighted by Gasteiger charge is -2.22. The first-order chi connectivity index (χ1) is 10.5. The van der Waals surface area contributed by atoms with Gasteiger partial charge in [-0.2, -0.15) is 0 Å². The van der Waals surface area contributed by atoms with E-state index < -0.39 is 40.7 Å². The molecule has 1 rings (SSSR count). The van der Waals surface area contributed by atoms with Gasteiger partial charge in [0.1, 0.15) is 11.6 Å². The van der Waals surface area contributed by atoms with E-state index in [2.05, 4.69) is 0 Å². The van der Waals surface area contributed by atoms with Crippen LogP contribution in [-0.2, 0) is 15.1 Å². The number of aliphatic hydroxyl groups is 1. The second kappa shape index (κ2) is 7.36. The van der Waals surface area contributed by atoms with Crippen LogP contribution in [0.3, 0.4) is 0 Å². The zero-order valence-electron chi connectivity index (χ0n) is 13.4. The van der Waals surface area contributed by atoms with Crippen molar-refractivity contribution in [2.24, 2.45) is 0 Å². The van der Waals surface area contributed by atoms with Crippen LogP contribution < -0.4 is 0 Å². The third-order valence-corrected chi connectivity index (χ3v) is 3.53. The van der Waals surface area contributed by atoms with E-state index >= 15 is 0 Å². The molecule has 1 atom stereocenters. The molecule has 0 saturated heterocycles. The Morgan fingerprint density at radius 3 is 2.35 bits per heavy atom. The molecule has 1 unspecified atom stereocenters. The van der Waals surface area contributed by atoms with Crippen molar-refractivity contribution in [3.05, 3.63) is 34.4 Å². The van der Waals surface area contributed by atoms with E-state index in [-0.39, 0.29) is 23.4 Å². The van der Waals surface area contributed by atoms with Crippen molar-refractivity contribution in [2.75, 3.05) is 5.88 Å². The molecule has 0 aliphatic heterocycles. The highest BCUT2D eigenvalue weighted by molar-refractivity contribution is 6.18. The van der Waals surface area contributed by atoms with Crippen LogP contribution in [0.15, 0.2) is 6.07 Å². The molecule has 0 bridgehead atoms. The monoisotopic (exact) mass is 348 g/mol. The summed E-state index contributed by atoms with van der Waals surface area (Å²) in [5, 5.41) is 10.00. The van der Waals surface area contributed by atoms with Gasteiger partial charge in [0.05, 0.1) is 11.2 Å². The van der Waals surface area contributed by atoms with Crippen molar-refractivity contribution in [1.29, 1.82) is 0 Å². The summed E-state index contributed by atoms with van der Waals surface area (Å²) in [5.74, 6) is -3.49. The zero-order chi connectivity index (χ0) is 17.9. The van der Waals surface area contributed by atoms with Crippen molar-refractivity contribution in [1.82, 2.24) is 0 Å². The van der Waals surface area contributed by atoms with Crippen LogP contribution in [0.25, 0.3) is 0 Å². The number of alkyl halides is 1. The number of ether oxygens (including phenoxy) is 1. The van der Waals surface area contributed by atoms with E-state index in [9.17, 15) is 23.5 Å². The summed E-state index contributed by atoms with van der Waals surface area (Å²) in [7, 11) is 0. The highest BCUT2D eigenvalue weighted by Gasteiger charge is 2.31. The van der Waals surface area contributed by atoms with Gasteiger partial charge in [-0.15, -0.1) is 11.6 Å². The molecule has 1 aromatic rings. The Hall–Kier alpha value is -1.53. The van der Waals surface area contributed by atoms with E-state index in [4.69, 9.17) is 16.3 Å². The fraction of sp³-hybridized carbons (Fsp3) is 0.500. The fourth-order valence-corrected chi connectivity index (χ4v) is 2.31. The van der Waals surface area contributed by atoms with Crippen LogP contribution in [0, 0.1) is 18.6 Å². The molecule has 1 aromatic carbocycles. The van der Waals surface area contributed by atoms with Crippen molar-refractivity contribution in [3.63, 3.8) is 0 Å². The molecule has 0 heterocycles. The van der Waals surface area contributed by atoms with E-state index in [0.717, 1.165) is 13.0 Å². The molecule has 23 heavy (non-hydrogen) atoms. The largest absolute Gasteiger partial charge is 0.454 e. The summed E-state index contributed by atoms with van der Waals surface area (Å²) in [6.45, 7) is 4.92. The lowest BCUT2D eigenvalue weighted by molar-refractivity contribution is -0.144. The number of carbonyl (C=O) groups excluding carboxylic acids is 2. The summed E-state index contributed by atoms with van der Waals surface area (Å²) in [5.41, 5.74) is -2.66. The van der Waals surface area contributed by atoms with Crippen LogP contribution in [-0.4, -0.2) is 28.8 Å². The summed E-state index contributed by atoms with van der Waals surface area (Å²) < 4.78 is 33.3. The molecule has 128 valence electrons. The van der Waals surface area contributed by atoms with Crippen molar-refractivity contribution >= 4 is 23.4 Å². The number of hydrogen-bond donors (Lipinski definition) is 1. The van der Waals surface area contributed by atoms with Crippen LogP contribution in [0.4, 0.5) is 8.78 Å². The maximum absolute atomic E-state index is 14.3. The molecule has 0 aromatic heterocycles. The Kier molecular flexibility index (Phi) is 6.25. The van der Waals surface area contributed by atoms with Gasteiger partial charge in [-0.25, -0.2) is 8.78 Å². The Morgan fingerprint density at radius 1 is 1.35 bits per heavy atom. The van der Waals surface area contributed by atoms with Crippen LogP contribution in [0.2, 0.25) is 0 Å². The van der Waals surface area contributed by atoms with Gasteiger partial charge in [-0.1, -0.05) is 0 Å². The third kappa shape index (κ3) is 4.48. The second-order valence-corrected chi connectivity index (χ2v) is 6.10. The fourth-order valence-electron chi connectivity index (χ4n) is 2.11. The maximum atomic E-state index is 14.3. The second-order valence-electron chi connectivity index (χ2n) is 5.72. The number of Topliss-reactive ketones (excluding diaryl/α,β-unsaturated/α-hetero) is 1. The summed E-state index contributed by atoms with van der Waals surface area (Å²) in [6.07, 6.45) is -1.27. The van der Waals surface area contributed by atoms with Crippen molar-refractivity contribution < 1.29 is 28.2 Å². The predicted octanol–water partition coefficient (Wildman–Crippen LogP) is 3.24. The minimum atomic E-state index is -1.61. The van der Waals surface area contributed by atoms with E-state index in [1.54, 1.807) is 0 Å². The number of esters is 1. The van der Waals surface area contributed by atoms with Crippen LogP contribution >= 0.6 is 11.6 Å². The summed E-state index contributed by atoms with van der Waals surface area (Å²) in [4.78, 5) is 23.5. The molecule has 0 aliphatic carbocycles. The predicted molar refractivity (Wildman–Crippen MR) is 81.6 cm³/mol. The first-order valence-corrected chi connectivity index (χ1v) is 7.53.